The lowest BCUT2D eigenvalue weighted by molar-refractivity contribution is -0.122. The third kappa shape index (κ3) is 3.78. The fourth-order valence-corrected chi connectivity index (χ4v) is 1.72. The maximum atomic E-state index is 11.8. The lowest BCUT2D eigenvalue weighted by Gasteiger charge is -2.09. The minimum absolute atomic E-state index is 0.210. The highest BCUT2D eigenvalue weighted by Gasteiger charge is 2.07. The van der Waals surface area contributed by atoms with Gasteiger partial charge in [-0.2, -0.15) is 0 Å². The number of methoxy groups -OCH3 is 1. The molecule has 2 aromatic rings. The van der Waals surface area contributed by atoms with E-state index in [-0.39, 0.29) is 13.1 Å². The van der Waals surface area contributed by atoms with Gasteiger partial charge in [0, 0.05) is 30.4 Å². The van der Waals surface area contributed by atoms with Crippen molar-refractivity contribution in [3.8, 4) is 5.88 Å². The number of pyridine rings is 1. The number of ether oxygens (including phenoxy) is 1. The van der Waals surface area contributed by atoms with E-state index < -0.39 is 17.0 Å². The van der Waals surface area contributed by atoms with Crippen LogP contribution in [0.3, 0.4) is 0 Å². The summed E-state index contributed by atoms with van der Waals surface area (Å²) in [6, 6.07) is 5.71. The molecule has 2 heterocycles. The number of aromatic amines is 1. The SMILES string of the molecule is COc1ncccc1CNC(=O)Cn1[nH]c(=O)ccc1=O. The molecule has 0 atom stereocenters. The number of hydrogen-bond acceptors (Lipinski definition) is 5. The molecule has 0 bridgehead atoms. The van der Waals surface area contributed by atoms with Gasteiger partial charge in [0.15, 0.2) is 0 Å². The monoisotopic (exact) mass is 290 g/mol. The number of aromatic nitrogens is 3. The molecule has 0 saturated heterocycles. The van der Waals surface area contributed by atoms with Crippen molar-refractivity contribution in [1.82, 2.24) is 20.1 Å². The molecule has 0 radical (unpaired) electrons. The van der Waals surface area contributed by atoms with Crippen LogP contribution in [0.15, 0.2) is 40.1 Å². The second-order valence-electron chi connectivity index (χ2n) is 4.18. The largest absolute Gasteiger partial charge is 0.481 e. The molecule has 8 nitrogen and oxygen atoms in total. The van der Waals surface area contributed by atoms with E-state index in [0.717, 1.165) is 16.8 Å². The standard InChI is InChI=1S/C13H14N4O4/c1-21-13-9(3-2-6-14-13)7-15-11(19)8-17-12(20)5-4-10(18)16-17/h2-6H,7-8H2,1H3,(H,15,19)(H,16,18). The molecule has 0 aliphatic rings. The predicted octanol–water partition coefficient (Wildman–Crippen LogP) is -0.743. The number of H-pyrrole nitrogens is 1. The third-order valence-electron chi connectivity index (χ3n) is 2.71. The maximum absolute atomic E-state index is 11.8. The molecule has 8 heteroatoms. The maximum Gasteiger partial charge on any atom is 0.265 e. The van der Waals surface area contributed by atoms with Crippen LogP contribution in [-0.2, 0) is 17.9 Å². The number of nitrogens with one attached hydrogen (secondary N) is 2. The molecule has 0 saturated carbocycles. The molecular formula is C13H14N4O4. The van der Waals surface area contributed by atoms with Gasteiger partial charge in [0.2, 0.25) is 11.8 Å². The smallest absolute Gasteiger partial charge is 0.265 e. The van der Waals surface area contributed by atoms with Crippen LogP contribution >= 0.6 is 0 Å². The summed E-state index contributed by atoms with van der Waals surface area (Å²) in [4.78, 5) is 38.4. The lowest BCUT2D eigenvalue weighted by atomic mass is 10.2. The Morgan fingerprint density at radius 3 is 2.95 bits per heavy atom. The van der Waals surface area contributed by atoms with Crippen molar-refractivity contribution in [2.45, 2.75) is 13.1 Å². The van der Waals surface area contributed by atoms with Gasteiger partial charge < -0.3 is 10.1 Å². The molecule has 0 aromatic carbocycles. The van der Waals surface area contributed by atoms with Crippen molar-refractivity contribution < 1.29 is 9.53 Å². The Balaban J connectivity index is 2.01. The Bertz CT molecular complexity index is 750. The highest BCUT2D eigenvalue weighted by molar-refractivity contribution is 5.75. The number of carbonyl (C=O) groups is 1. The topological polar surface area (TPSA) is 106 Å². The van der Waals surface area contributed by atoms with Crippen molar-refractivity contribution in [2.24, 2.45) is 0 Å². The number of rotatable bonds is 5. The quantitative estimate of drug-likeness (QED) is 0.754. The Kier molecular flexibility index (Phi) is 4.50. The van der Waals surface area contributed by atoms with Gasteiger partial charge >= 0.3 is 0 Å². The summed E-state index contributed by atoms with van der Waals surface area (Å²) >= 11 is 0. The Morgan fingerprint density at radius 1 is 1.38 bits per heavy atom. The van der Waals surface area contributed by atoms with Crippen LogP contribution < -0.4 is 21.2 Å². The van der Waals surface area contributed by atoms with E-state index in [9.17, 15) is 14.4 Å². The van der Waals surface area contributed by atoms with Gasteiger partial charge in [-0.1, -0.05) is 6.07 Å². The average molecular weight is 290 g/mol. The molecule has 0 spiro atoms. The molecule has 0 aliphatic heterocycles. The van der Waals surface area contributed by atoms with E-state index in [2.05, 4.69) is 15.4 Å². The van der Waals surface area contributed by atoms with Crippen molar-refractivity contribution in [3.63, 3.8) is 0 Å². The average Bonchev–Trinajstić information content (AvgIpc) is 2.49. The van der Waals surface area contributed by atoms with Crippen LogP contribution in [0.2, 0.25) is 0 Å². The minimum Gasteiger partial charge on any atom is -0.481 e. The molecule has 0 fully saturated rings. The highest BCUT2D eigenvalue weighted by Crippen LogP contribution is 2.12. The van der Waals surface area contributed by atoms with Gasteiger partial charge in [-0.3, -0.25) is 19.5 Å². The summed E-state index contributed by atoms with van der Waals surface area (Å²) < 4.78 is 6.01. The van der Waals surface area contributed by atoms with E-state index in [0.29, 0.717) is 11.4 Å². The van der Waals surface area contributed by atoms with E-state index >= 15 is 0 Å². The fourth-order valence-electron chi connectivity index (χ4n) is 1.72. The minimum atomic E-state index is -0.455. The predicted molar refractivity (Wildman–Crippen MR) is 74.0 cm³/mol. The molecule has 21 heavy (non-hydrogen) atoms. The Labute approximate surface area is 119 Å². The Hall–Kier alpha value is -2.90. The first-order chi connectivity index (χ1) is 10.1. The van der Waals surface area contributed by atoms with Gasteiger partial charge in [0.1, 0.15) is 6.54 Å². The lowest BCUT2D eigenvalue weighted by Crippen LogP contribution is -2.35. The van der Waals surface area contributed by atoms with Crippen LogP contribution in [-0.4, -0.2) is 27.8 Å². The molecule has 2 N–H and O–H groups in total. The first kappa shape index (κ1) is 14.5. The zero-order chi connectivity index (χ0) is 15.2. The van der Waals surface area contributed by atoms with Crippen LogP contribution in [0.4, 0.5) is 0 Å². The summed E-state index contributed by atoms with van der Waals surface area (Å²) in [5.41, 5.74) is -0.192. The van der Waals surface area contributed by atoms with E-state index in [4.69, 9.17) is 4.74 Å². The second kappa shape index (κ2) is 6.51. The van der Waals surface area contributed by atoms with Crippen LogP contribution in [0, 0.1) is 0 Å². The number of hydrogen-bond donors (Lipinski definition) is 2. The molecule has 0 unspecified atom stereocenters. The van der Waals surface area contributed by atoms with Crippen LogP contribution in [0.25, 0.3) is 0 Å². The summed E-state index contributed by atoms with van der Waals surface area (Å²) in [5.74, 6) is 0.00735. The molecule has 110 valence electrons. The molecule has 1 amide bonds. The molecular weight excluding hydrogens is 276 g/mol. The zero-order valence-electron chi connectivity index (χ0n) is 11.3. The van der Waals surface area contributed by atoms with Crippen LogP contribution in [0.1, 0.15) is 5.56 Å². The zero-order valence-corrected chi connectivity index (χ0v) is 11.3. The van der Waals surface area contributed by atoms with Crippen LogP contribution in [0.5, 0.6) is 5.88 Å². The number of carbonyl (C=O) groups excluding carboxylic acids is 1. The van der Waals surface area contributed by atoms with E-state index in [1.165, 1.54) is 7.11 Å². The summed E-state index contributed by atoms with van der Waals surface area (Å²) in [7, 11) is 1.49. The van der Waals surface area contributed by atoms with Crippen molar-refractivity contribution in [1.29, 1.82) is 0 Å². The summed E-state index contributed by atoms with van der Waals surface area (Å²) in [6.45, 7) is -0.0564. The van der Waals surface area contributed by atoms with Gasteiger partial charge in [-0.05, 0) is 6.07 Å². The van der Waals surface area contributed by atoms with Crippen molar-refractivity contribution >= 4 is 5.91 Å². The Morgan fingerprint density at radius 2 is 2.19 bits per heavy atom. The first-order valence-electron chi connectivity index (χ1n) is 6.15. The number of nitrogens with zero attached hydrogens (tertiary/aromatic N) is 2. The third-order valence-corrected chi connectivity index (χ3v) is 2.71. The van der Waals surface area contributed by atoms with E-state index in [1.807, 2.05) is 0 Å². The number of amides is 1. The summed E-state index contributed by atoms with van der Waals surface area (Å²) in [6.07, 6.45) is 1.58. The first-order valence-corrected chi connectivity index (χ1v) is 6.15. The van der Waals surface area contributed by atoms with Gasteiger partial charge in [-0.25, -0.2) is 9.67 Å². The fraction of sp³-hybridized carbons (Fsp3) is 0.231. The van der Waals surface area contributed by atoms with Gasteiger partial charge in [-0.15, -0.1) is 0 Å². The summed E-state index contributed by atoms with van der Waals surface area (Å²) in [5, 5.41) is 4.91. The second-order valence-corrected chi connectivity index (χ2v) is 4.18. The van der Waals surface area contributed by atoms with Gasteiger partial charge in [0.25, 0.3) is 11.1 Å². The molecule has 0 aliphatic carbocycles. The van der Waals surface area contributed by atoms with E-state index in [1.54, 1.807) is 18.3 Å². The van der Waals surface area contributed by atoms with Crippen molar-refractivity contribution in [2.75, 3.05) is 7.11 Å². The van der Waals surface area contributed by atoms with Crippen molar-refractivity contribution in [3.05, 3.63) is 56.7 Å². The highest BCUT2D eigenvalue weighted by atomic mass is 16.5. The molecule has 2 rings (SSSR count). The normalized spacial score (nSPS) is 10.1. The van der Waals surface area contributed by atoms with Gasteiger partial charge in [0.05, 0.1) is 7.11 Å². The molecule has 2 aromatic heterocycles.